The molecule has 216 valence electrons. The zero-order valence-corrected chi connectivity index (χ0v) is 27.2. The molecule has 0 aliphatic rings. The predicted octanol–water partition coefficient (Wildman–Crippen LogP) is 13.0. The molecule has 0 radical (unpaired) electrons. The summed E-state index contributed by atoms with van der Waals surface area (Å²) in [6.45, 7) is 30.9. The van der Waals surface area contributed by atoms with Gasteiger partial charge in [-0.1, -0.05) is 161 Å². The molecule has 0 aromatic carbocycles. The Labute approximate surface area is 227 Å². The molecule has 0 atom stereocenters. The highest BCUT2D eigenvalue weighted by Gasteiger charge is 1.87. The molecule has 0 aromatic rings. The first kappa shape index (κ1) is 47.4. The molecule has 0 heterocycles. The Morgan fingerprint density at radius 1 is 0.514 bits per heavy atom. The Morgan fingerprint density at radius 3 is 0.771 bits per heavy atom. The van der Waals surface area contributed by atoms with Crippen LogP contribution < -0.4 is 5.73 Å². The molecule has 0 aromatic heterocycles. The van der Waals surface area contributed by atoms with E-state index < -0.39 is 0 Å². The highest BCUT2D eigenvalue weighted by atomic mass is 14.5. The summed E-state index contributed by atoms with van der Waals surface area (Å²) in [6, 6.07) is 0. The minimum absolute atomic E-state index is 0.750. The molecule has 0 bridgehead atoms. The molecule has 1 nitrogen and oxygen atoms in total. The van der Waals surface area contributed by atoms with E-state index in [1.807, 2.05) is 41.5 Å². The maximum atomic E-state index is 4.85. The largest absolute Gasteiger partial charge is 0.331 e. The number of nitrogens with two attached hydrogens (primary N) is 1. The highest BCUT2D eigenvalue weighted by molar-refractivity contribution is 4.79. The van der Waals surface area contributed by atoms with Crippen LogP contribution >= 0.6 is 0 Å². The van der Waals surface area contributed by atoms with E-state index in [0.29, 0.717) is 0 Å². The van der Waals surface area contributed by atoms with Crippen LogP contribution in [0, 0.1) is 0 Å². The lowest BCUT2D eigenvalue weighted by molar-refractivity contribution is 0.585. The number of hydrogen-bond acceptors (Lipinski definition) is 1. The SMILES string of the molecule is C/C=C\CC.C=C(C)C.C=C(C)C.CCCCCCCCC.CCCCCCCCCC.CCN. The van der Waals surface area contributed by atoms with Gasteiger partial charge < -0.3 is 5.73 Å². The molecule has 0 saturated carbocycles. The van der Waals surface area contributed by atoms with Crippen molar-refractivity contribution in [3.8, 4) is 0 Å². The van der Waals surface area contributed by atoms with Gasteiger partial charge in [-0.05, 0) is 47.6 Å². The van der Waals surface area contributed by atoms with Crippen molar-refractivity contribution in [1.29, 1.82) is 0 Å². The fraction of sp³-hybridized carbons (Fsp3) is 0.824. The van der Waals surface area contributed by atoms with Gasteiger partial charge in [-0.15, -0.1) is 13.2 Å². The molecular weight excluding hydrogens is 422 g/mol. The average molecular weight is 498 g/mol. The van der Waals surface area contributed by atoms with Crippen molar-refractivity contribution < 1.29 is 0 Å². The standard InChI is InChI=1S/C10H22.C9H20.C5H10.2C4H8.C2H7N/c1-3-5-7-9-10-8-6-4-2;1-3-5-7-9-8-6-4-2;1-3-5-4-2;2*1-4(2)3;1-2-3/h3-10H2,1-2H3;3-9H2,1-2H3;3,5H,4H2,1-2H3;2*1H2,2-3H3;2-3H2,1H3/b;;5-3-;;;. The predicted molar refractivity (Wildman–Crippen MR) is 173 cm³/mol. The molecule has 0 rings (SSSR count). The Hall–Kier alpha value is -0.820. The van der Waals surface area contributed by atoms with Crippen LogP contribution in [0.3, 0.4) is 0 Å². The average Bonchev–Trinajstić information content (AvgIpc) is 2.77. The zero-order chi connectivity index (χ0) is 28.6. The third kappa shape index (κ3) is 160. The molecule has 2 N–H and O–H groups in total. The lowest BCUT2D eigenvalue weighted by Gasteiger charge is -1.97. The van der Waals surface area contributed by atoms with Crippen molar-refractivity contribution >= 4 is 0 Å². The van der Waals surface area contributed by atoms with Gasteiger partial charge in [0.2, 0.25) is 0 Å². The molecule has 0 amide bonds. The molecule has 0 aliphatic carbocycles. The molecule has 0 unspecified atom stereocenters. The van der Waals surface area contributed by atoms with Crippen molar-refractivity contribution in [3.63, 3.8) is 0 Å². The molecule has 0 saturated heterocycles. The lowest BCUT2D eigenvalue weighted by Crippen LogP contribution is -1.87. The number of hydrogen-bond donors (Lipinski definition) is 1. The van der Waals surface area contributed by atoms with Gasteiger partial charge in [0.25, 0.3) is 0 Å². The smallest absolute Gasteiger partial charge is 0.0106 e. The van der Waals surface area contributed by atoms with Crippen molar-refractivity contribution in [2.45, 2.75) is 179 Å². The third-order valence-electron chi connectivity index (χ3n) is 4.14. The van der Waals surface area contributed by atoms with Gasteiger partial charge in [-0.2, -0.15) is 0 Å². The van der Waals surface area contributed by atoms with E-state index in [1.54, 1.807) is 0 Å². The van der Waals surface area contributed by atoms with Gasteiger partial charge in [0.15, 0.2) is 0 Å². The van der Waals surface area contributed by atoms with E-state index in [1.165, 1.54) is 107 Å². The minimum Gasteiger partial charge on any atom is -0.331 e. The minimum atomic E-state index is 0.750. The van der Waals surface area contributed by atoms with Crippen LogP contribution in [0.25, 0.3) is 0 Å². The Bertz CT molecular complexity index is 306. The summed E-state index contributed by atoms with van der Waals surface area (Å²) in [6.07, 6.45) is 26.8. The van der Waals surface area contributed by atoms with Gasteiger partial charge in [0, 0.05) is 0 Å². The van der Waals surface area contributed by atoms with E-state index in [0.717, 1.165) is 13.0 Å². The van der Waals surface area contributed by atoms with E-state index in [-0.39, 0.29) is 0 Å². The first-order chi connectivity index (χ1) is 16.6. The number of rotatable bonds is 14. The van der Waals surface area contributed by atoms with E-state index in [9.17, 15) is 0 Å². The van der Waals surface area contributed by atoms with Gasteiger partial charge >= 0.3 is 0 Å². The second-order valence-electron chi connectivity index (χ2n) is 9.69. The Morgan fingerprint density at radius 2 is 0.686 bits per heavy atom. The Kier molecular flexibility index (Phi) is 79.6. The molecule has 1 heteroatoms. The maximum absolute atomic E-state index is 4.85. The fourth-order valence-corrected chi connectivity index (χ4v) is 2.47. The zero-order valence-electron chi connectivity index (χ0n) is 27.2. The summed E-state index contributed by atoms with van der Waals surface area (Å²) < 4.78 is 0. The molecule has 0 aliphatic heterocycles. The van der Waals surface area contributed by atoms with Crippen molar-refractivity contribution in [2.75, 3.05) is 6.54 Å². The van der Waals surface area contributed by atoms with Crippen LogP contribution in [-0.4, -0.2) is 6.54 Å². The van der Waals surface area contributed by atoms with Crippen LogP contribution in [0.4, 0.5) is 0 Å². The highest BCUT2D eigenvalue weighted by Crippen LogP contribution is 2.07. The van der Waals surface area contributed by atoms with Gasteiger partial charge in [-0.25, -0.2) is 0 Å². The maximum Gasteiger partial charge on any atom is -0.0106 e. The Balaban J connectivity index is -0.0000000766. The summed E-state index contributed by atoms with van der Waals surface area (Å²) in [5.41, 5.74) is 7.18. The second kappa shape index (κ2) is 58.8. The first-order valence-corrected chi connectivity index (χ1v) is 15.2. The van der Waals surface area contributed by atoms with Crippen LogP contribution in [0.5, 0.6) is 0 Å². The molecule has 0 fully saturated rings. The lowest BCUT2D eigenvalue weighted by atomic mass is 10.1. The quantitative estimate of drug-likeness (QED) is 0.187. The first-order valence-electron chi connectivity index (χ1n) is 15.2. The van der Waals surface area contributed by atoms with Crippen molar-refractivity contribution in [1.82, 2.24) is 0 Å². The normalized spacial score (nSPS) is 8.91. The molecular formula is C34H75N. The van der Waals surface area contributed by atoms with E-state index in [2.05, 4.69) is 59.9 Å². The third-order valence-corrected chi connectivity index (χ3v) is 4.14. The van der Waals surface area contributed by atoms with Crippen molar-refractivity contribution in [3.05, 3.63) is 36.5 Å². The van der Waals surface area contributed by atoms with Crippen LogP contribution in [-0.2, 0) is 0 Å². The van der Waals surface area contributed by atoms with Crippen molar-refractivity contribution in [2.24, 2.45) is 5.73 Å². The number of unbranched alkanes of at least 4 members (excludes halogenated alkanes) is 13. The van der Waals surface area contributed by atoms with Gasteiger partial charge in [0.1, 0.15) is 0 Å². The van der Waals surface area contributed by atoms with Gasteiger partial charge in [-0.3, -0.25) is 0 Å². The summed E-state index contributed by atoms with van der Waals surface area (Å²) in [7, 11) is 0. The topological polar surface area (TPSA) is 26.0 Å². The van der Waals surface area contributed by atoms with E-state index in [4.69, 9.17) is 5.73 Å². The second-order valence-corrected chi connectivity index (χ2v) is 9.69. The van der Waals surface area contributed by atoms with Gasteiger partial charge in [0.05, 0.1) is 0 Å². The van der Waals surface area contributed by atoms with Crippen LogP contribution in [0.1, 0.15) is 179 Å². The molecule has 35 heavy (non-hydrogen) atoms. The monoisotopic (exact) mass is 498 g/mol. The summed E-state index contributed by atoms with van der Waals surface area (Å²) in [5.74, 6) is 0. The van der Waals surface area contributed by atoms with Crippen LogP contribution in [0.2, 0.25) is 0 Å². The fourth-order valence-electron chi connectivity index (χ4n) is 2.47. The number of allylic oxidation sites excluding steroid dienone is 4. The molecule has 0 spiro atoms. The summed E-state index contributed by atoms with van der Waals surface area (Å²) >= 11 is 0. The van der Waals surface area contributed by atoms with E-state index >= 15 is 0 Å². The summed E-state index contributed by atoms with van der Waals surface area (Å²) in [5, 5.41) is 0. The van der Waals surface area contributed by atoms with Crippen LogP contribution in [0.15, 0.2) is 36.5 Å². The summed E-state index contributed by atoms with van der Waals surface area (Å²) in [4.78, 5) is 0.